The fourth-order valence-corrected chi connectivity index (χ4v) is 6.54. The van der Waals surface area contributed by atoms with E-state index in [1.165, 1.54) is 17.0 Å². The van der Waals surface area contributed by atoms with Gasteiger partial charge in [0, 0.05) is 50.4 Å². The van der Waals surface area contributed by atoms with Crippen LogP contribution in [0.4, 0.5) is 16.7 Å². The Labute approximate surface area is 333 Å². The lowest BCUT2D eigenvalue weighted by Gasteiger charge is -2.28. The number of nitrogens with one attached hydrogen (secondary N) is 2. The first-order valence-corrected chi connectivity index (χ1v) is 18.8. The van der Waals surface area contributed by atoms with Crippen LogP contribution in [0.5, 0.6) is 0 Å². The number of rotatable bonds is 14. The molecule has 5 amide bonds. The number of aryl methyl sites for hydroxylation is 4. The molecule has 0 spiro atoms. The SMILES string of the molecule is CCn1nc(C)cc1C(=O)Nc1nc2cc(C(N)=O)ccc2n1CCN(CCn1c(NC(=O)c2cc(C)nn2CC)nc2cc(C(N)=O)ccc21)C(=O)OC(C)(C)C. The Hall–Kier alpha value is -7.05. The Morgan fingerprint density at radius 2 is 1.10 bits per heavy atom. The Bertz CT molecular complexity index is 2410. The molecule has 0 bridgehead atoms. The predicted molar refractivity (Wildman–Crippen MR) is 215 cm³/mol. The molecule has 19 heteroatoms. The molecule has 0 radical (unpaired) electrons. The quantitative estimate of drug-likeness (QED) is 0.123. The Balaban J connectivity index is 1.34. The van der Waals surface area contributed by atoms with Crippen LogP contribution in [0, 0.1) is 13.8 Å². The van der Waals surface area contributed by atoms with Crippen LogP contribution in [0.1, 0.15) is 87.7 Å². The Morgan fingerprint density at radius 3 is 1.47 bits per heavy atom. The molecule has 0 fully saturated rings. The van der Waals surface area contributed by atoms with E-state index in [1.54, 1.807) is 89.5 Å². The molecule has 6 rings (SSSR count). The van der Waals surface area contributed by atoms with Crippen LogP contribution < -0.4 is 22.1 Å². The fraction of sp³-hybridized carbons (Fsp3) is 0.359. The molecule has 58 heavy (non-hydrogen) atoms. The molecule has 0 saturated carbocycles. The number of fused-ring (bicyclic) bond motifs is 2. The number of nitrogens with two attached hydrogens (primary N) is 2. The molecule has 6 N–H and O–H groups in total. The number of primary amides is 2. The molecule has 4 heterocycles. The summed E-state index contributed by atoms with van der Waals surface area (Å²) < 4.78 is 12.5. The van der Waals surface area contributed by atoms with Gasteiger partial charge in [-0.1, -0.05) is 0 Å². The predicted octanol–water partition coefficient (Wildman–Crippen LogP) is 4.08. The van der Waals surface area contributed by atoms with Gasteiger partial charge in [-0.2, -0.15) is 10.2 Å². The van der Waals surface area contributed by atoms with Crippen LogP contribution in [0.2, 0.25) is 0 Å². The summed E-state index contributed by atoms with van der Waals surface area (Å²) in [7, 11) is 0. The summed E-state index contributed by atoms with van der Waals surface area (Å²) in [5.74, 6) is -1.83. The molecule has 0 aliphatic rings. The largest absolute Gasteiger partial charge is 0.444 e. The van der Waals surface area contributed by atoms with Crippen molar-refractivity contribution in [1.82, 2.24) is 43.6 Å². The third-order valence-corrected chi connectivity index (χ3v) is 9.22. The summed E-state index contributed by atoms with van der Waals surface area (Å²) in [6, 6.07) is 12.9. The van der Waals surface area contributed by atoms with Crippen LogP contribution >= 0.6 is 0 Å². The van der Waals surface area contributed by atoms with E-state index in [2.05, 4.69) is 30.8 Å². The highest BCUT2D eigenvalue weighted by atomic mass is 16.6. The zero-order valence-electron chi connectivity index (χ0n) is 33.5. The van der Waals surface area contributed by atoms with Gasteiger partial charge >= 0.3 is 6.09 Å². The van der Waals surface area contributed by atoms with Gasteiger partial charge in [-0.15, -0.1) is 0 Å². The van der Waals surface area contributed by atoms with Crippen LogP contribution in [-0.2, 0) is 30.9 Å². The van der Waals surface area contributed by atoms with Crippen molar-refractivity contribution in [1.29, 1.82) is 0 Å². The molecule has 4 aromatic heterocycles. The van der Waals surface area contributed by atoms with Gasteiger partial charge in [0.15, 0.2) is 0 Å². The van der Waals surface area contributed by atoms with E-state index in [-0.39, 0.29) is 49.2 Å². The normalized spacial score (nSPS) is 11.6. The van der Waals surface area contributed by atoms with Gasteiger partial charge in [-0.3, -0.25) is 39.2 Å². The van der Waals surface area contributed by atoms with E-state index in [0.717, 1.165) is 0 Å². The first kappa shape index (κ1) is 40.6. The maximum Gasteiger partial charge on any atom is 0.410 e. The average Bonchev–Trinajstić information content (AvgIpc) is 3.92. The number of anilines is 2. The van der Waals surface area contributed by atoms with E-state index in [0.29, 0.717) is 57.9 Å². The van der Waals surface area contributed by atoms with Crippen molar-refractivity contribution in [3.63, 3.8) is 0 Å². The summed E-state index contributed by atoms with van der Waals surface area (Å²) in [4.78, 5) is 76.0. The number of carbonyl (C=O) groups is 5. The molecule has 0 atom stereocenters. The molecule has 304 valence electrons. The van der Waals surface area contributed by atoms with Crippen molar-refractivity contribution in [2.45, 2.75) is 80.2 Å². The summed E-state index contributed by atoms with van der Waals surface area (Å²) in [5, 5.41) is 14.5. The van der Waals surface area contributed by atoms with E-state index in [9.17, 15) is 24.0 Å². The zero-order valence-corrected chi connectivity index (χ0v) is 33.5. The maximum absolute atomic E-state index is 13.9. The first-order valence-electron chi connectivity index (χ1n) is 18.8. The second-order valence-electron chi connectivity index (χ2n) is 14.7. The lowest BCUT2D eigenvalue weighted by atomic mass is 10.2. The zero-order chi connectivity index (χ0) is 42.1. The third-order valence-electron chi connectivity index (χ3n) is 9.22. The summed E-state index contributed by atoms with van der Waals surface area (Å²) in [5.41, 5.74) is 14.7. The van der Waals surface area contributed by atoms with Crippen molar-refractivity contribution in [3.05, 3.63) is 82.4 Å². The minimum absolute atomic E-state index is 0.0714. The summed E-state index contributed by atoms with van der Waals surface area (Å²) in [6.45, 7) is 13.9. The monoisotopic (exact) mass is 793 g/mol. The van der Waals surface area contributed by atoms with Crippen LogP contribution in [0.25, 0.3) is 22.1 Å². The van der Waals surface area contributed by atoms with Crippen LogP contribution in [0.3, 0.4) is 0 Å². The minimum atomic E-state index is -0.839. The second-order valence-corrected chi connectivity index (χ2v) is 14.7. The summed E-state index contributed by atoms with van der Waals surface area (Å²) in [6.07, 6.45) is -0.616. The van der Waals surface area contributed by atoms with Gasteiger partial charge < -0.3 is 30.2 Å². The van der Waals surface area contributed by atoms with E-state index in [1.807, 2.05) is 13.8 Å². The number of imidazole rings is 2. The molecule has 6 aromatic rings. The smallest absolute Gasteiger partial charge is 0.410 e. The van der Waals surface area contributed by atoms with Gasteiger partial charge in [-0.05, 0) is 97.0 Å². The summed E-state index contributed by atoms with van der Waals surface area (Å²) >= 11 is 0. The van der Waals surface area contributed by atoms with Crippen LogP contribution in [-0.4, -0.2) is 92.0 Å². The lowest BCUT2D eigenvalue weighted by Crippen LogP contribution is -2.40. The van der Waals surface area contributed by atoms with Crippen molar-refractivity contribution in [3.8, 4) is 0 Å². The number of hydrogen-bond donors (Lipinski definition) is 4. The number of aromatic nitrogens is 8. The standard InChI is InChI=1S/C39H47N13O6/c1-8-51-30(18-22(3)46-51)34(55)44-36-42-26-20-24(32(40)53)10-12-28(26)49(36)16-14-48(38(57)58-39(5,6)7)15-17-50-29-13-11-25(33(41)54)21-27(29)43-37(50)45-35(56)31-19-23(4)47-52(31)9-2/h10-13,18-21H,8-9,14-17H2,1-7H3,(H2,40,53)(H2,41,54)(H,42,44,55)(H,43,45,56). The second kappa shape index (κ2) is 16.2. The fourth-order valence-electron chi connectivity index (χ4n) is 6.54. The molecule has 0 aliphatic heterocycles. The van der Waals surface area contributed by atoms with Crippen molar-refractivity contribution >= 4 is 63.7 Å². The maximum atomic E-state index is 13.9. The van der Waals surface area contributed by atoms with Crippen molar-refractivity contribution in [2.24, 2.45) is 11.5 Å². The van der Waals surface area contributed by atoms with Crippen LogP contribution in [0.15, 0.2) is 48.5 Å². The Morgan fingerprint density at radius 1 is 0.690 bits per heavy atom. The number of nitrogens with zero attached hydrogens (tertiary/aromatic N) is 9. The topological polar surface area (TPSA) is 245 Å². The van der Waals surface area contributed by atoms with Gasteiger partial charge in [0.05, 0.1) is 33.5 Å². The average molecular weight is 794 g/mol. The van der Waals surface area contributed by atoms with Gasteiger partial charge in [0.1, 0.15) is 17.0 Å². The molecule has 0 aliphatic carbocycles. The van der Waals surface area contributed by atoms with E-state index in [4.69, 9.17) is 16.2 Å². The number of ether oxygens (including phenoxy) is 1. The molecule has 2 aromatic carbocycles. The minimum Gasteiger partial charge on any atom is -0.444 e. The first-order chi connectivity index (χ1) is 27.5. The van der Waals surface area contributed by atoms with Crippen molar-refractivity contribution in [2.75, 3.05) is 23.7 Å². The molecule has 19 nitrogen and oxygen atoms in total. The molecule has 0 unspecified atom stereocenters. The molecule has 0 saturated heterocycles. The Kier molecular flexibility index (Phi) is 11.3. The van der Waals surface area contributed by atoms with Gasteiger partial charge in [0.2, 0.25) is 23.7 Å². The number of benzene rings is 2. The highest BCUT2D eigenvalue weighted by Crippen LogP contribution is 2.25. The lowest BCUT2D eigenvalue weighted by molar-refractivity contribution is 0.0238. The van der Waals surface area contributed by atoms with Crippen molar-refractivity contribution < 1.29 is 28.7 Å². The highest BCUT2D eigenvalue weighted by molar-refractivity contribution is 6.04. The van der Waals surface area contributed by atoms with Gasteiger partial charge in [-0.25, -0.2) is 14.8 Å². The molecular weight excluding hydrogens is 747 g/mol. The third kappa shape index (κ3) is 8.67. The number of amides is 5. The van der Waals surface area contributed by atoms with E-state index >= 15 is 0 Å². The number of hydrogen-bond acceptors (Lipinski definition) is 10. The van der Waals surface area contributed by atoms with Gasteiger partial charge in [0.25, 0.3) is 11.8 Å². The number of carbonyl (C=O) groups excluding carboxylic acids is 5. The highest BCUT2D eigenvalue weighted by Gasteiger charge is 2.26. The molecular formula is C39H47N13O6. The van der Waals surface area contributed by atoms with E-state index < -0.39 is 35.3 Å².